The van der Waals surface area contributed by atoms with Crippen molar-refractivity contribution in [3.63, 3.8) is 0 Å². The molecule has 2 aliphatic carbocycles. The molecule has 3 N–H and O–H groups in total. The number of benzene rings is 2. The van der Waals surface area contributed by atoms with Gasteiger partial charge in [0.1, 0.15) is 11.6 Å². The van der Waals surface area contributed by atoms with Crippen LogP contribution in [-0.2, 0) is 11.8 Å². The predicted molar refractivity (Wildman–Crippen MR) is 102 cm³/mol. The summed E-state index contributed by atoms with van der Waals surface area (Å²) in [5, 5.41) is 10.1. The van der Waals surface area contributed by atoms with Crippen LogP contribution in [0.5, 0.6) is 5.75 Å². The van der Waals surface area contributed by atoms with E-state index in [1.807, 2.05) is 12.1 Å². The fourth-order valence-electron chi connectivity index (χ4n) is 6.27. The molecule has 4 unspecified atom stereocenters. The summed E-state index contributed by atoms with van der Waals surface area (Å²) in [6.45, 7) is 3.17. The van der Waals surface area contributed by atoms with Gasteiger partial charge in [0.2, 0.25) is 0 Å². The number of anilines is 2. The number of nitrogens with zero attached hydrogens (tertiary/aromatic N) is 1. The highest BCUT2D eigenvalue weighted by molar-refractivity contribution is 5.60. The van der Waals surface area contributed by atoms with Crippen molar-refractivity contribution in [2.45, 2.75) is 44.1 Å². The third-order valence-corrected chi connectivity index (χ3v) is 7.14. The number of nitrogens with two attached hydrogens (primary N) is 1. The Bertz CT molecular complexity index is 882. The molecule has 1 heterocycles. The number of halogens is 1. The third kappa shape index (κ3) is 2.04. The Balaban J connectivity index is 1.68. The number of phenols is 1. The number of phenolic OH excluding ortho intramolecular Hbond substituents is 1. The highest BCUT2D eigenvalue weighted by Gasteiger charge is 2.59. The van der Waals surface area contributed by atoms with Crippen LogP contribution in [-0.4, -0.2) is 17.7 Å². The van der Waals surface area contributed by atoms with Crippen molar-refractivity contribution in [1.29, 1.82) is 0 Å². The molecular weight excluding hydrogens is 327 g/mol. The number of hydrogen-bond acceptors (Lipinski definition) is 3. The zero-order chi connectivity index (χ0) is 18.1. The van der Waals surface area contributed by atoms with Gasteiger partial charge < -0.3 is 15.7 Å². The van der Waals surface area contributed by atoms with Crippen LogP contribution in [0.4, 0.5) is 15.8 Å². The van der Waals surface area contributed by atoms with E-state index >= 15 is 0 Å². The van der Waals surface area contributed by atoms with E-state index in [0.29, 0.717) is 35.0 Å². The maximum Gasteiger partial charge on any atom is 0.148 e. The minimum absolute atomic E-state index is 0.0164. The summed E-state index contributed by atoms with van der Waals surface area (Å²) in [6.07, 6.45) is 4.45. The molecule has 3 aliphatic rings. The van der Waals surface area contributed by atoms with Crippen LogP contribution in [0.15, 0.2) is 36.4 Å². The van der Waals surface area contributed by atoms with Crippen molar-refractivity contribution in [2.75, 3.05) is 17.2 Å². The summed E-state index contributed by atoms with van der Waals surface area (Å²) in [5.41, 5.74) is 9.53. The monoisotopic (exact) mass is 352 g/mol. The zero-order valence-electron chi connectivity index (χ0n) is 15.1. The quantitative estimate of drug-likeness (QED) is 0.755. The lowest BCUT2D eigenvalue weighted by molar-refractivity contribution is 0.137. The van der Waals surface area contributed by atoms with Gasteiger partial charge in [0.05, 0.1) is 5.69 Å². The molecule has 2 aromatic rings. The summed E-state index contributed by atoms with van der Waals surface area (Å²) >= 11 is 0. The molecule has 4 atom stereocenters. The van der Waals surface area contributed by atoms with E-state index in [9.17, 15) is 9.50 Å². The minimum Gasteiger partial charge on any atom is -0.508 e. The lowest BCUT2D eigenvalue weighted by Gasteiger charge is -2.48. The molecule has 1 saturated heterocycles. The predicted octanol–water partition coefficient (Wildman–Crippen LogP) is 4.23. The van der Waals surface area contributed by atoms with Crippen LogP contribution >= 0.6 is 0 Å². The third-order valence-electron chi connectivity index (χ3n) is 7.14. The first-order valence-corrected chi connectivity index (χ1v) is 9.64. The van der Waals surface area contributed by atoms with Crippen molar-refractivity contribution >= 4 is 11.4 Å². The van der Waals surface area contributed by atoms with E-state index in [1.54, 1.807) is 12.1 Å². The SMILES string of the molecule is CC1CCCC23CN(c4ccc(N)cc4F)C(Cc4ccc(O)cc42)C13. The van der Waals surface area contributed by atoms with Crippen LogP contribution in [0, 0.1) is 17.7 Å². The average Bonchev–Trinajstić information content (AvgIpc) is 2.86. The van der Waals surface area contributed by atoms with E-state index in [2.05, 4.69) is 17.9 Å². The molecule has 136 valence electrons. The molecule has 4 heteroatoms. The van der Waals surface area contributed by atoms with E-state index < -0.39 is 0 Å². The first kappa shape index (κ1) is 16.0. The lowest BCUT2D eigenvalue weighted by Crippen LogP contribution is -2.47. The maximum atomic E-state index is 14.8. The van der Waals surface area contributed by atoms with Gasteiger partial charge in [-0.2, -0.15) is 0 Å². The Hall–Kier alpha value is -2.23. The number of fused-ring (bicyclic) bond motifs is 1. The van der Waals surface area contributed by atoms with Crippen LogP contribution in [0.3, 0.4) is 0 Å². The Morgan fingerprint density at radius 2 is 2.08 bits per heavy atom. The highest BCUT2D eigenvalue weighted by atomic mass is 19.1. The molecule has 3 nitrogen and oxygen atoms in total. The van der Waals surface area contributed by atoms with Crippen LogP contribution < -0.4 is 10.6 Å². The minimum atomic E-state index is -0.231. The van der Waals surface area contributed by atoms with Gasteiger partial charge in [0.25, 0.3) is 0 Å². The average molecular weight is 352 g/mol. The topological polar surface area (TPSA) is 49.5 Å². The molecule has 1 saturated carbocycles. The summed E-state index contributed by atoms with van der Waals surface area (Å²) < 4.78 is 14.8. The summed E-state index contributed by atoms with van der Waals surface area (Å²) in [5.74, 6) is 1.21. The summed E-state index contributed by atoms with van der Waals surface area (Å²) in [4.78, 5) is 2.29. The van der Waals surface area contributed by atoms with Gasteiger partial charge in [-0.3, -0.25) is 0 Å². The largest absolute Gasteiger partial charge is 0.508 e. The van der Waals surface area contributed by atoms with E-state index in [-0.39, 0.29) is 11.2 Å². The second-order valence-corrected chi connectivity index (χ2v) is 8.50. The molecule has 26 heavy (non-hydrogen) atoms. The Kier molecular flexibility index (Phi) is 3.31. The first-order valence-electron chi connectivity index (χ1n) is 9.64. The fourth-order valence-corrected chi connectivity index (χ4v) is 6.27. The van der Waals surface area contributed by atoms with E-state index in [1.165, 1.54) is 30.0 Å². The van der Waals surface area contributed by atoms with Gasteiger partial charge in [0, 0.05) is 23.7 Å². The fraction of sp³-hybridized carbons (Fsp3) is 0.455. The summed E-state index contributed by atoms with van der Waals surface area (Å²) in [6, 6.07) is 11.2. The molecule has 1 aliphatic heterocycles. The van der Waals surface area contributed by atoms with Crippen molar-refractivity contribution in [3.8, 4) is 5.75 Å². The number of rotatable bonds is 1. The van der Waals surface area contributed by atoms with E-state index in [0.717, 1.165) is 19.4 Å². The van der Waals surface area contributed by atoms with Crippen molar-refractivity contribution < 1.29 is 9.50 Å². The number of hydrogen-bond donors (Lipinski definition) is 2. The molecule has 0 amide bonds. The first-order chi connectivity index (χ1) is 12.5. The number of aromatic hydroxyl groups is 1. The Morgan fingerprint density at radius 1 is 1.23 bits per heavy atom. The molecule has 2 aromatic carbocycles. The molecule has 5 rings (SSSR count). The zero-order valence-corrected chi connectivity index (χ0v) is 15.1. The van der Waals surface area contributed by atoms with Gasteiger partial charge in [-0.15, -0.1) is 0 Å². The molecule has 2 fully saturated rings. The van der Waals surface area contributed by atoms with E-state index in [4.69, 9.17) is 5.73 Å². The van der Waals surface area contributed by atoms with Crippen LogP contribution in [0.2, 0.25) is 0 Å². The molecule has 2 bridgehead atoms. The Labute approximate surface area is 153 Å². The molecule has 0 spiro atoms. The summed E-state index contributed by atoms with van der Waals surface area (Å²) in [7, 11) is 0. The second-order valence-electron chi connectivity index (χ2n) is 8.50. The smallest absolute Gasteiger partial charge is 0.148 e. The molecule has 0 radical (unpaired) electrons. The van der Waals surface area contributed by atoms with Gasteiger partial charge in [-0.05, 0) is 66.1 Å². The maximum absolute atomic E-state index is 14.8. The normalized spacial score (nSPS) is 32.2. The highest BCUT2D eigenvalue weighted by Crippen LogP contribution is 2.59. The van der Waals surface area contributed by atoms with Crippen molar-refractivity contribution in [1.82, 2.24) is 0 Å². The molecular formula is C22H25FN2O. The van der Waals surface area contributed by atoms with Crippen molar-refractivity contribution in [2.24, 2.45) is 11.8 Å². The second kappa shape index (κ2) is 5.38. The van der Waals surface area contributed by atoms with Gasteiger partial charge in [0.15, 0.2) is 0 Å². The lowest BCUT2D eigenvalue weighted by atomic mass is 9.55. The van der Waals surface area contributed by atoms with Gasteiger partial charge in [-0.1, -0.05) is 25.8 Å². The van der Waals surface area contributed by atoms with Crippen molar-refractivity contribution in [3.05, 3.63) is 53.3 Å². The van der Waals surface area contributed by atoms with Gasteiger partial charge >= 0.3 is 0 Å². The standard InChI is InChI=1S/C22H25FN2O/c1-13-3-2-8-22-12-25(19-7-5-15(24)10-18(19)23)20(21(13)22)9-14-4-6-16(26)11-17(14)22/h4-7,10-11,13,20-21,26H,2-3,8-9,12,24H2,1H3. The Morgan fingerprint density at radius 3 is 2.88 bits per heavy atom. The van der Waals surface area contributed by atoms with Crippen LogP contribution in [0.1, 0.15) is 37.3 Å². The molecule has 0 aromatic heterocycles. The van der Waals surface area contributed by atoms with Crippen LogP contribution in [0.25, 0.3) is 0 Å². The van der Waals surface area contributed by atoms with Gasteiger partial charge in [-0.25, -0.2) is 4.39 Å². The number of nitrogen functional groups attached to an aromatic ring is 1.